The molecule has 2 aromatic rings. The number of anilines is 1. The van der Waals surface area contributed by atoms with E-state index in [1.54, 1.807) is 4.57 Å². The lowest BCUT2D eigenvalue weighted by Crippen LogP contribution is -2.15. The smallest absolute Gasteiger partial charge is 0.234 e. The van der Waals surface area contributed by atoms with Gasteiger partial charge in [0.2, 0.25) is 16.6 Å². The molecular formula is C14H18N4OS. The Morgan fingerprint density at radius 2 is 2.10 bits per heavy atom. The number of para-hydroxylation sites is 1. The van der Waals surface area contributed by atoms with Gasteiger partial charge in [0.15, 0.2) is 0 Å². The summed E-state index contributed by atoms with van der Waals surface area (Å²) in [5.41, 5.74) is 0.870. The largest absolute Gasteiger partial charge is 0.294 e. The Bertz CT molecular complexity index is 618. The van der Waals surface area contributed by atoms with E-state index in [4.69, 9.17) is 12.2 Å². The minimum Gasteiger partial charge on any atom is -0.294 e. The molecule has 106 valence electrons. The molecule has 0 spiro atoms. The van der Waals surface area contributed by atoms with E-state index in [1.165, 1.54) is 0 Å². The molecule has 0 saturated carbocycles. The number of aromatic amines is 1. The van der Waals surface area contributed by atoms with Crippen molar-refractivity contribution in [1.29, 1.82) is 0 Å². The SMILES string of the molecule is CCCCCC(=O)Nc1n[nH]c(=S)n1-c1ccccc1. The van der Waals surface area contributed by atoms with Gasteiger partial charge in [0, 0.05) is 6.42 Å². The Labute approximate surface area is 123 Å². The molecule has 5 nitrogen and oxygen atoms in total. The average molecular weight is 290 g/mol. The van der Waals surface area contributed by atoms with Crippen LogP contribution in [0, 0.1) is 4.77 Å². The number of hydrogen-bond acceptors (Lipinski definition) is 3. The Morgan fingerprint density at radius 3 is 2.80 bits per heavy atom. The van der Waals surface area contributed by atoms with Gasteiger partial charge >= 0.3 is 0 Å². The van der Waals surface area contributed by atoms with Gasteiger partial charge in [0.1, 0.15) is 0 Å². The lowest BCUT2D eigenvalue weighted by molar-refractivity contribution is -0.116. The van der Waals surface area contributed by atoms with Crippen LogP contribution in [0.3, 0.4) is 0 Å². The van der Waals surface area contributed by atoms with Crippen LogP contribution in [-0.4, -0.2) is 20.7 Å². The molecule has 0 atom stereocenters. The van der Waals surface area contributed by atoms with Crippen molar-refractivity contribution in [3.63, 3.8) is 0 Å². The Kier molecular flexibility index (Phi) is 5.06. The molecule has 0 radical (unpaired) electrons. The fourth-order valence-electron chi connectivity index (χ4n) is 1.92. The summed E-state index contributed by atoms with van der Waals surface area (Å²) in [6.07, 6.45) is 3.54. The van der Waals surface area contributed by atoms with Crippen molar-refractivity contribution in [3.8, 4) is 5.69 Å². The van der Waals surface area contributed by atoms with Crippen molar-refractivity contribution < 1.29 is 4.79 Å². The maximum Gasteiger partial charge on any atom is 0.234 e. The molecule has 6 heteroatoms. The molecule has 1 aromatic heterocycles. The second-order valence-electron chi connectivity index (χ2n) is 4.53. The molecule has 0 saturated heterocycles. The summed E-state index contributed by atoms with van der Waals surface area (Å²) in [6.45, 7) is 2.11. The van der Waals surface area contributed by atoms with E-state index in [0.717, 1.165) is 24.9 Å². The van der Waals surface area contributed by atoms with Crippen LogP contribution in [0.25, 0.3) is 5.69 Å². The van der Waals surface area contributed by atoms with Crippen molar-refractivity contribution in [3.05, 3.63) is 35.1 Å². The van der Waals surface area contributed by atoms with Crippen molar-refractivity contribution in [2.24, 2.45) is 0 Å². The molecule has 0 unspecified atom stereocenters. The number of H-pyrrole nitrogens is 1. The standard InChI is InChI=1S/C14H18N4OS/c1-2-3-5-10-12(19)15-13-16-17-14(20)18(13)11-8-6-4-7-9-11/h4,6-9H,2-3,5,10H2,1H3,(H,17,20)(H,15,16,19). The van der Waals surface area contributed by atoms with E-state index >= 15 is 0 Å². The summed E-state index contributed by atoms with van der Waals surface area (Å²) >= 11 is 5.21. The highest BCUT2D eigenvalue weighted by Gasteiger charge is 2.11. The Morgan fingerprint density at radius 1 is 1.35 bits per heavy atom. The number of amides is 1. The minimum atomic E-state index is -0.0374. The lowest BCUT2D eigenvalue weighted by atomic mass is 10.2. The second-order valence-corrected chi connectivity index (χ2v) is 4.92. The first-order valence-electron chi connectivity index (χ1n) is 6.75. The maximum atomic E-state index is 11.9. The number of carbonyl (C=O) groups is 1. The van der Waals surface area contributed by atoms with E-state index in [2.05, 4.69) is 22.4 Å². The van der Waals surface area contributed by atoms with Crippen LogP contribution in [0.5, 0.6) is 0 Å². The minimum absolute atomic E-state index is 0.0374. The van der Waals surface area contributed by atoms with Gasteiger partial charge < -0.3 is 0 Å². The molecule has 1 amide bonds. The molecule has 0 bridgehead atoms. The summed E-state index contributed by atoms with van der Waals surface area (Å²) in [6, 6.07) is 9.58. The molecule has 0 aliphatic rings. The van der Waals surface area contributed by atoms with Gasteiger partial charge in [-0.05, 0) is 30.8 Å². The van der Waals surface area contributed by atoms with E-state index in [-0.39, 0.29) is 5.91 Å². The zero-order valence-electron chi connectivity index (χ0n) is 11.4. The molecule has 2 rings (SSSR count). The van der Waals surface area contributed by atoms with Crippen LogP contribution in [-0.2, 0) is 4.79 Å². The van der Waals surface area contributed by atoms with Gasteiger partial charge in [0.25, 0.3) is 0 Å². The first kappa shape index (κ1) is 14.5. The maximum absolute atomic E-state index is 11.9. The molecule has 1 aromatic carbocycles. The third kappa shape index (κ3) is 3.54. The van der Waals surface area contributed by atoms with Gasteiger partial charge in [0.05, 0.1) is 5.69 Å². The van der Waals surface area contributed by atoms with E-state index in [0.29, 0.717) is 17.1 Å². The van der Waals surface area contributed by atoms with Crippen LogP contribution < -0.4 is 5.32 Å². The highest BCUT2D eigenvalue weighted by atomic mass is 32.1. The molecule has 0 aliphatic carbocycles. The van der Waals surface area contributed by atoms with Gasteiger partial charge in [-0.25, -0.2) is 5.10 Å². The lowest BCUT2D eigenvalue weighted by Gasteiger charge is -2.07. The Balaban J connectivity index is 2.14. The third-order valence-corrected chi connectivity index (χ3v) is 3.22. The first-order chi connectivity index (χ1) is 9.72. The highest BCUT2D eigenvalue weighted by Crippen LogP contribution is 2.14. The third-order valence-electron chi connectivity index (χ3n) is 2.95. The van der Waals surface area contributed by atoms with E-state index in [9.17, 15) is 4.79 Å². The zero-order chi connectivity index (χ0) is 14.4. The average Bonchev–Trinajstić information content (AvgIpc) is 2.81. The number of benzene rings is 1. The molecule has 0 fully saturated rings. The van der Waals surface area contributed by atoms with Crippen molar-refractivity contribution in [2.75, 3.05) is 5.32 Å². The molecule has 0 aliphatic heterocycles. The topological polar surface area (TPSA) is 62.7 Å². The summed E-state index contributed by atoms with van der Waals surface area (Å²) in [7, 11) is 0. The number of unbranched alkanes of at least 4 members (excludes halogenated alkanes) is 2. The summed E-state index contributed by atoms with van der Waals surface area (Å²) in [5, 5.41) is 9.59. The summed E-state index contributed by atoms with van der Waals surface area (Å²) in [4.78, 5) is 11.9. The molecule has 20 heavy (non-hydrogen) atoms. The van der Waals surface area contributed by atoms with Gasteiger partial charge in [-0.3, -0.25) is 14.7 Å². The fraction of sp³-hybridized carbons (Fsp3) is 0.357. The monoisotopic (exact) mass is 290 g/mol. The van der Waals surface area contributed by atoms with E-state index < -0.39 is 0 Å². The van der Waals surface area contributed by atoms with Gasteiger partial charge in [-0.1, -0.05) is 38.0 Å². The number of hydrogen-bond donors (Lipinski definition) is 2. The summed E-state index contributed by atoms with van der Waals surface area (Å²) in [5.74, 6) is 0.396. The van der Waals surface area contributed by atoms with Crippen molar-refractivity contribution in [1.82, 2.24) is 14.8 Å². The molecular weight excluding hydrogens is 272 g/mol. The Hall–Kier alpha value is -1.95. The van der Waals surface area contributed by atoms with Crippen LogP contribution >= 0.6 is 12.2 Å². The number of aromatic nitrogens is 3. The predicted molar refractivity (Wildman–Crippen MR) is 81.5 cm³/mol. The van der Waals surface area contributed by atoms with Crippen molar-refractivity contribution in [2.45, 2.75) is 32.6 Å². The van der Waals surface area contributed by atoms with Gasteiger partial charge in [-0.2, -0.15) is 0 Å². The quantitative estimate of drug-likeness (QED) is 0.632. The second kappa shape index (κ2) is 7.00. The zero-order valence-corrected chi connectivity index (χ0v) is 12.2. The van der Waals surface area contributed by atoms with Crippen LogP contribution in [0.2, 0.25) is 0 Å². The number of rotatable bonds is 6. The molecule has 1 heterocycles. The van der Waals surface area contributed by atoms with Crippen LogP contribution in [0.15, 0.2) is 30.3 Å². The summed E-state index contributed by atoms with van der Waals surface area (Å²) < 4.78 is 2.17. The van der Waals surface area contributed by atoms with Crippen LogP contribution in [0.4, 0.5) is 5.95 Å². The van der Waals surface area contributed by atoms with E-state index in [1.807, 2.05) is 30.3 Å². The fourth-order valence-corrected chi connectivity index (χ4v) is 2.16. The molecule has 2 N–H and O–H groups in total. The highest BCUT2D eigenvalue weighted by molar-refractivity contribution is 7.71. The normalized spacial score (nSPS) is 10.4. The van der Waals surface area contributed by atoms with Gasteiger partial charge in [-0.15, -0.1) is 5.10 Å². The predicted octanol–water partition coefficient (Wildman–Crippen LogP) is 3.45. The van der Waals surface area contributed by atoms with Crippen molar-refractivity contribution >= 4 is 24.1 Å². The number of nitrogens with one attached hydrogen (secondary N) is 2. The number of nitrogens with zero attached hydrogens (tertiary/aromatic N) is 2. The van der Waals surface area contributed by atoms with Crippen LogP contribution in [0.1, 0.15) is 32.6 Å². The number of carbonyl (C=O) groups excluding carboxylic acids is 1. The first-order valence-corrected chi connectivity index (χ1v) is 7.16.